The third-order valence-corrected chi connectivity index (χ3v) is 5.36. The van der Waals surface area contributed by atoms with Gasteiger partial charge in [-0.05, 0) is 59.1 Å². The van der Waals surface area contributed by atoms with Gasteiger partial charge in [0.05, 0.1) is 13.2 Å². The summed E-state index contributed by atoms with van der Waals surface area (Å²) in [5.41, 5.74) is 3.63. The highest BCUT2D eigenvalue weighted by molar-refractivity contribution is 5.70. The topological polar surface area (TPSA) is 18.5 Å². The van der Waals surface area contributed by atoms with Crippen LogP contribution in [0.2, 0.25) is 0 Å². The first kappa shape index (κ1) is 21.4. The normalized spacial score (nSPS) is 13.1. The number of halogens is 1. The zero-order chi connectivity index (χ0) is 20.2. The molecule has 2 rings (SSSR count). The molecular weight excluding hydrogens is 339 g/mol. The standard InChI is InChI=1S/C24H33FO2/c1-8-24(4,5)23(27-7)21-14-17(13-16(2)3)9-11-19(21)20-15-18(26-6)10-12-22(20)25/h9-12,14-16,23H,8,13H2,1-7H3/t23-/m1/s1. The van der Waals surface area contributed by atoms with Crippen LogP contribution in [0.3, 0.4) is 0 Å². The maximum Gasteiger partial charge on any atom is 0.131 e. The van der Waals surface area contributed by atoms with Crippen LogP contribution in [0.5, 0.6) is 5.75 Å². The van der Waals surface area contributed by atoms with Crippen molar-refractivity contribution in [3.63, 3.8) is 0 Å². The first-order valence-electron chi connectivity index (χ1n) is 9.73. The van der Waals surface area contributed by atoms with Crippen LogP contribution in [0, 0.1) is 17.2 Å². The molecule has 0 saturated heterocycles. The Hall–Kier alpha value is -1.87. The summed E-state index contributed by atoms with van der Waals surface area (Å²) in [7, 11) is 3.34. The van der Waals surface area contributed by atoms with Crippen molar-refractivity contribution in [2.24, 2.45) is 11.3 Å². The fourth-order valence-corrected chi connectivity index (χ4v) is 3.56. The molecule has 0 aliphatic heterocycles. The molecule has 0 spiro atoms. The van der Waals surface area contributed by atoms with Crippen molar-refractivity contribution < 1.29 is 13.9 Å². The van der Waals surface area contributed by atoms with Gasteiger partial charge < -0.3 is 9.47 Å². The summed E-state index contributed by atoms with van der Waals surface area (Å²) in [6.45, 7) is 11.0. The number of rotatable bonds is 8. The largest absolute Gasteiger partial charge is 0.497 e. The van der Waals surface area contributed by atoms with Crippen LogP contribution >= 0.6 is 0 Å². The number of benzene rings is 2. The highest BCUT2D eigenvalue weighted by Crippen LogP contribution is 2.44. The van der Waals surface area contributed by atoms with Crippen molar-refractivity contribution in [1.82, 2.24) is 0 Å². The zero-order valence-corrected chi connectivity index (χ0v) is 17.7. The highest BCUT2D eigenvalue weighted by Gasteiger charge is 2.32. The van der Waals surface area contributed by atoms with Crippen LogP contribution in [0.1, 0.15) is 58.3 Å². The molecule has 0 saturated carbocycles. The molecule has 0 aliphatic rings. The SMILES string of the molecule is CCC(C)(C)[C@H](OC)c1cc(CC(C)C)ccc1-c1cc(OC)ccc1F. The first-order chi connectivity index (χ1) is 12.7. The van der Waals surface area contributed by atoms with Crippen molar-refractivity contribution in [2.75, 3.05) is 14.2 Å². The monoisotopic (exact) mass is 372 g/mol. The molecule has 0 N–H and O–H groups in total. The third-order valence-electron chi connectivity index (χ3n) is 5.36. The van der Waals surface area contributed by atoms with Gasteiger partial charge in [0.25, 0.3) is 0 Å². The molecule has 0 aliphatic carbocycles. The number of hydrogen-bond acceptors (Lipinski definition) is 2. The van der Waals surface area contributed by atoms with E-state index in [1.54, 1.807) is 26.4 Å². The lowest BCUT2D eigenvalue weighted by molar-refractivity contribution is 0.00326. The predicted octanol–water partition coefficient (Wildman–Crippen LogP) is 6.82. The predicted molar refractivity (Wildman–Crippen MR) is 111 cm³/mol. The Morgan fingerprint density at radius 3 is 2.26 bits per heavy atom. The Balaban J connectivity index is 2.70. The molecule has 0 radical (unpaired) electrons. The molecule has 2 nitrogen and oxygen atoms in total. The van der Waals surface area contributed by atoms with E-state index in [4.69, 9.17) is 9.47 Å². The van der Waals surface area contributed by atoms with Crippen molar-refractivity contribution in [3.8, 4) is 16.9 Å². The molecule has 27 heavy (non-hydrogen) atoms. The third kappa shape index (κ3) is 4.90. The van der Waals surface area contributed by atoms with E-state index in [1.165, 1.54) is 11.6 Å². The van der Waals surface area contributed by atoms with Gasteiger partial charge in [0.15, 0.2) is 0 Å². The summed E-state index contributed by atoms with van der Waals surface area (Å²) in [4.78, 5) is 0. The molecule has 0 fully saturated rings. The Kier molecular flexibility index (Phi) is 7.05. The Morgan fingerprint density at radius 1 is 1.00 bits per heavy atom. The van der Waals surface area contributed by atoms with Gasteiger partial charge in [-0.25, -0.2) is 4.39 Å². The molecule has 2 aromatic rings. The fraction of sp³-hybridized carbons (Fsp3) is 0.500. The molecule has 2 aromatic carbocycles. The second-order valence-electron chi connectivity index (χ2n) is 8.32. The summed E-state index contributed by atoms with van der Waals surface area (Å²) in [5, 5.41) is 0. The smallest absolute Gasteiger partial charge is 0.131 e. The lowest BCUT2D eigenvalue weighted by atomic mass is 9.77. The molecule has 0 heterocycles. The Labute approximate surface area is 163 Å². The van der Waals surface area contributed by atoms with Gasteiger partial charge in [0.2, 0.25) is 0 Å². The van der Waals surface area contributed by atoms with Crippen LogP contribution in [0.4, 0.5) is 4.39 Å². The Morgan fingerprint density at radius 2 is 1.70 bits per heavy atom. The van der Waals surface area contributed by atoms with E-state index in [1.807, 2.05) is 6.07 Å². The molecule has 0 amide bonds. The maximum absolute atomic E-state index is 14.7. The minimum atomic E-state index is -0.252. The molecule has 0 unspecified atom stereocenters. The molecule has 0 bridgehead atoms. The quantitative estimate of drug-likeness (QED) is 0.506. The minimum Gasteiger partial charge on any atom is -0.497 e. The van der Waals surface area contributed by atoms with Crippen molar-refractivity contribution in [3.05, 3.63) is 53.3 Å². The average Bonchev–Trinajstić information content (AvgIpc) is 2.62. The van der Waals surface area contributed by atoms with E-state index < -0.39 is 0 Å². The van der Waals surface area contributed by atoms with Crippen LogP contribution < -0.4 is 4.74 Å². The van der Waals surface area contributed by atoms with Gasteiger partial charge in [-0.3, -0.25) is 0 Å². The Bertz CT molecular complexity index is 765. The van der Waals surface area contributed by atoms with Crippen molar-refractivity contribution in [2.45, 2.75) is 53.6 Å². The van der Waals surface area contributed by atoms with E-state index in [0.717, 1.165) is 24.0 Å². The van der Waals surface area contributed by atoms with Crippen LogP contribution in [0.25, 0.3) is 11.1 Å². The molecule has 3 heteroatoms. The van der Waals surface area contributed by atoms with Gasteiger partial charge in [0, 0.05) is 12.7 Å². The van der Waals surface area contributed by atoms with Crippen LogP contribution in [-0.2, 0) is 11.2 Å². The highest BCUT2D eigenvalue weighted by atomic mass is 19.1. The molecule has 148 valence electrons. The lowest BCUT2D eigenvalue weighted by Crippen LogP contribution is -2.24. The summed E-state index contributed by atoms with van der Waals surface area (Å²) in [5.74, 6) is 0.947. The summed E-state index contributed by atoms with van der Waals surface area (Å²) < 4.78 is 26.0. The van der Waals surface area contributed by atoms with E-state index >= 15 is 0 Å². The van der Waals surface area contributed by atoms with E-state index in [9.17, 15) is 4.39 Å². The van der Waals surface area contributed by atoms with Gasteiger partial charge in [-0.1, -0.05) is 52.8 Å². The van der Waals surface area contributed by atoms with E-state index in [2.05, 4.69) is 46.8 Å². The zero-order valence-electron chi connectivity index (χ0n) is 17.7. The maximum atomic E-state index is 14.7. The fourth-order valence-electron chi connectivity index (χ4n) is 3.56. The summed E-state index contributed by atoms with van der Waals surface area (Å²) in [6, 6.07) is 11.2. The van der Waals surface area contributed by atoms with Gasteiger partial charge in [-0.15, -0.1) is 0 Å². The van der Waals surface area contributed by atoms with E-state index in [-0.39, 0.29) is 17.3 Å². The number of ether oxygens (including phenoxy) is 2. The summed E-state index contributed by atoms with van der Waals surface area (Å²) in [6.07, 6.45) is 1.81. The van der Waals surface area contributed by atoms with E-state index in [0.29, 0.717) is 17.2 Å². The van der Waals surface area contributed by atoms with Gasteiger partial charge >= 0.3 is 0 Å². The first-order valence-corrected chi connectivity index (χ1v) is 9.73. The molecule has 0 aromatic heterocycles. The second kappa shape index (κ2) is 8.88. The van der Waals surface area contributed by atoms with Gasteiger partial charge in [0.1, 0.15) is 11.6 Å². The van der Waals surface area contributed by atoms with Crippen LogP contribution in [0.15, 0.2) is 36.4 Å². The van der Waals surface area contributed by atoms with Crippen molar-refractivity contribution in [1.29, 1.82) is 0 Å². The molecular formula is C24H33FO2. The van der Waals surface area contributed by atoms with Crippen LogP contribution in [-0.4, -0.2) is 14.2 Å². The van der Waals surface area contributed by atoms with Crippen molar-refractivity contribution >= 4 is 0 Å². The minimum absolute atomic E-state index is 0.0741. The lowest BCUT2D eigenvalue weighted by Gasteiger charge is -2.34. The number of methoxy groups -OCH3 is 2. The molecule has 1 atom stereocenters. The summed E-state index contributed by atoms with van der Waals surface area (Å²) >= 11 is 0. The average molecular weight is 373 g/mol. The van der Waals surface area contributed by atoms with Gasteiger partial charge in [-0.2, -0.15) is 0 Å². The number of hydrogen-bond donors (Lipinski definition) is 0. The second-order valence-corrected chi connectivity index (χ2v) is 8.32.